The molecule has 1 aromatic rings. The lowest BCUT2D eigenvalue weighted by molar-refractivity contribution is -0.139. The Balaban J connectivity index is 1.91. The van der Waals surface area contributed by atoms with Gasteiger partial charge in [0.2, 0.25) is 0 Å². The van der Waals surface area contributed by atoms with Gasteiger partial charge in [-0.3, -0.25) is 0 Å². The Hall–Kier alpha value is -2.04. The van der Waals surface area contributed by atoms with Gasteiger partial charge in [-0.2, -0.15) is 0 Å². The predicted octanol–water partition coefficient (Wildman–Crippen LogP) is 2.69. The molecule has 0 bridgehead atoms. The summed E-state index contributed by atoms with van der Waals surface area (Å²) in [4.78, 5) is 23.3. The summed E-state index contributed by atoms with van der Waals surface area (Å²) >= 11 is 0. The maximum atomic E-state index is 11.9. The minimum Gasteiger partial charge on any atom is -0.479 e. The summed E-state index contributed by atoms with van der Waals surface area (Å²) in [7, 11) is 0. The zero-order valence-corrected chi connectivity index (χ0v) is 12.3. The summed E-state index contributed by atoms with van der Waals surface area (Å²) in [6.45, 7) is 2.74. The molecule has 2 rings (SSSR count). The first kappa shape index (κ1) is 15.4. The molecule has 1 aromatic carbocycles. The van der Waals surface area contributed by atoms with E-state index in [2.05, 4.69) is 17.6 Å². The van der Waals surface area contributed by atoms with Crippen molar-refractivity contribution in [1.29, 1.82) is 0 Å². The molecule has 0 saturated heterocycles. The number of carbonyl (C=O) groups excluding carboxylic acids is 1. The lowest BCUT2D eigenvalue weighted by Gasteiger charge is -2.24. The third kappa shape index (κ3) is 4.21. The molecule has 2 amide bonds. The van der Waals surface area contributed by atoms with E-state index in [-0.39, 0.29) is 5.41 Å². The molecule has 0 radical (unpaired) electrons. The fraction of sp³-hybridized carbons (Fsp3) is 0.500. The minimum atomic E-state index is -1.07. The van der Waals surface area contributed by atoms with E-state index < -0.39 is 18.0 Å². The molecule has 5 heteroatoms. The van der Waals surface area contributed by atoms with Gasteiger partial charge < -0.3 is 15.7 Å². The average molecular weight is 290 g/mol. The van der Waals surface area contributed by atoms with Crippen molar-refractivity contribution in [3.8, 4) is 0 Å². The molecule has 0 unspecified atom stereocenters. The molecule has 1 saturated carbocycles. The lowest BCUT2D eigenvalue weighted by atomic mass is 9.89. The third-order valence-electron chi connectivity index (χ3n) is 4.14. The van der Waals surface area contributed by atoms with Gasteiger partial charge >= 0.3 is 12.0 Å². The van der Waals surface area contributed by atoms with Gasteiger partial charge in [0.25, 0.3) is 0 Å². The quantitative estimate of drug-likeness (QED) is 0.780. The second-order valence-electron chi connectivity index (χ2n) is 6.03. The van der Waals surface area contributed by atoms with E-state index >= 15 is 0 Å². The standard InChI is InChI=1S/C16H22N2O3/c1-16(9-5-6-10-16)11-17-15(21)18-13(14(19)20)12-7-3-2-4-8-12/h2-4,7-8,13H,5-6,9-11H2,1H3,(H,19,20)(H2,17,18,21)/t13-/m1/s1. The molecule has 3 N–H and O–H groups in total. The molecule has 0 spiro atoms. The number of hydrogen-bond donors (Lipinski definition) is 3. The highest BCUT2D eigenvalue weighted by molar-refractivity contribution is 5.83. The number of amides is 2. The molecular formula is C16H22N2O3. The third-order valence-corrected chi connectivity index (χ3v) is 4.14. The van der Waals surface area contributed by atoms with E-state index in [1.165, 1.54) is 12.8 Å². The van der Waals surface area contributed by atoms with Crippen LogP contribution in [0.2, 0.25) is 0 Å². The monoisotopic (exact) mass is 290 g/mol. The highest BCUT2D eigenvalue weighted by Crippen LogP contribution is 2.36. The Labute approximate surface area is 124 Å². The summed E-state index contributed by atoms with van der Waals surface area (Å²) in [5.74, 6) is -1.07. The van der Waals surface area contributed by atoms with Crippen molar-refractivity contribution in [3.05, 3.63) is 35.9 Å². The maximum Gasteiger partial charge on any atom is 0.330 e. The van der Waals surface area contributed by atoms with Crippen LogP contribution in [0.25, 0.3) is 0 Å². The molecule has 5 nitrogen and oxygen atoms in total. The van der Waals surface area contributed by atoms with Crippen molar-refractivity contribution in [2.75, 3.05) is 6.54 Å². The van der Waals surface area contributed by atoms with Crippen LogP contribution in [-0.2, 0) is 4.79 Å². The van der Waals surface area contributed by atoms with Gasteiger partial charge in [0.1, 0.15) is 0 Å². The second-order valence-corrected chi connectivity index (χ2v) is 6.03. The highest BCUT2D eigenvalue weighted by atomic mass is 16.4. The SMILES string of the molecule is CC1(CNC(=O)N[C@@H](C(=O)O)c2ccccc2)CCCC1. The second kappa shape index (κ2) is 6.61. The maximum absolute atomic E-state index is 11.9. The van der Waals surface area contributed by atoms with E-state index in [0.29, 0.717) is 12.1 Å². The fourth-order valence-electron chi connectivity index (χ4n) is 2.81. The Morgan fingerprint density at radius 3 is 2.43 bits per heavy atom. The van der Waals surface area contributed by atoms with Crippen molar-refractivity contribution in [3.63, 3.8) is 0 Å². The van der Waals surface area contributed by atoms with Crippen molar-refractivity contribution >= 4 is 12.0 Å². The van der Waals surface area contributed by atoms with Crippen LogP contribution in [0.3, 0.4) is 0 Å². The van der Waals surface area contributed by atoms with Gasteiger partial charge in [-0.05, 0) is 23.8 Å². The summed E-state index contributed by atoms with van der Waals surface area (Å²) < 4.78 is 0. The number of carboxylic acid groups (broad SMARTS) is 1. The number of carboxylic acids is 1. The van der Waals surface area contributed by atoms with E-state index in [1.54, 1.807) is 24.3 Å². The Morgan fingerprint density at radius 1 is 1.24 bits per heavy atom. The zero-order valence-electron chi connectivity index (χ0n) is 12.3. The van der Waals surface area contributed by atoms with Gasteiger partial charge in [-0.1, -0.05) is 50.1 Å². The average Bonchev–Trinajstić information content (AvgIpc) is 2.90. The predicted molar refractivity (Wildman–Crippen MR) is 79.9 cm³/mol. The number of rotatable bonds is 5. The molecule has 0 aliphatic heterocycles. The van der Waals surface area contributed by atoms with Gasteiger partial charge in [-0.25, -0.2) is 9.59 Å². The minimum absolute atomic E-state index is 0.142. The van der Waals surface area contributed by atoms with E-state index in [4.69, 9.17) is 0 Å². The lowest BCUT2D eigenvalue weighted by Crippen LogP contribution is -2.44. The molecule has 1 fully saturated rings. The van der Waals surface area contributed by atoms with Gasteiger partial charge in [0, 0.05) is 6.54 Å². The Morgan fingerprint density at radius 2 is 1.86 bits per heavy atom. The highest BCUT2D eigenvalue weighted by Gasteiger charge is 2.29. The fourth-order valence-corrected chi connectivity index (χ4v) is 2.81. The van der Waals surface area contributed by atoms with Crippen molar-refractivity contribution in [1.82, 2.24) is 10.6 Å². The molecule has 1 atom stereocenters. The van der Waals surface area contributed by atoms with Crippen LogP contribution in [0, 0.1) is 5.41 Å². The molecule has 1 aliphatic rings. The number of carbonyl (C=O) groups is 2. The molecule has 21 heavy (non-hydrogen) atoms. The normalized spacial score (nSPS) is 18.0. The van der Waals surface area contributed by atoms with Crippen LogP contribution in [0.1, 0.15) is 44.2 Å². The van der Waals surface area contributed by atoms with Crippen molar-refractivity contribution in [2.24, 2.45) is 5.41 Å². The molecule has 0 heterocycles. The van der Waals surface area contributed by atoms with Crippen LogP contribution in [0.15, 0.2) is 30.3 Å². The van der Waals surface area contributed by atoms with Crippen LogP contribution in [0.4, 0.5) is 4.79 Å². The number of benzene rings is 1. The molecule has 1 aliphatic carbocycles. The van der Waals surface area contributed by atoms with Gasteiger partial charge in [0.15, 0.2) is 6.04 Å². The van der Waals surface area contributed by atoms with E-state index in [0.717, 1.165) is 12.8 Å². The van der Waals surface area contributed by atoms with Crippen molar-refractivity contribution in [2.45, 2.75) is 38.6 Å². The molecular weight excluding hydrogens is 268 g/mol. The first-order valence-corrected chi connectivity index (χ1v) is 7.32. The van der Waals surface area contributed by atoms with Gasteiger partial charge in [0.05, 0.1) is 0 Å². The van der Waals surface area contributed by atoms with Crippen LogP contribution in [-0.4, -0.2) is 23.7 Å². The summed E-state index contributed by atoms with van der Waals surface area (Å²) in [5.41, 5.74) is 0.704. The van der Waals surface area contributed by atoms with E-state index in [1.807, 2.05) is 6.07 Å². The van der Waals surface area contributed by atoms with Crippen LogP contribution in [0.5, 0.6) is 0 Å². The smallest absolute Gasteiger partial charge is 0.330 e. The summed E-state index contributed by atoms with van der Waals surface area (Å²) in [5, 5.41) is 14.6. The zero-order chi connectivity index (χ0) is 15.3. The Bertz CT molecular complexity index is 496. The number of hydrogen-bond acceptors (Lipinski definition) is 2. The van der Waals surface area contributed by atoms with Crippen LogP contribution >= 0.6 is 0 Å². The summed E-state index contributed by atoms with van der Waals surface area (Å²) in [6.07, 6.45) is 4.60. The largest absolute Gasteiger partial charge is 0.479 e. The molecule has 114 valence electrons. The van der Waals surface area contributed by atoms with Crippen LogP contribution < -0.4 is 10.6 Å². The summed E-state index contributed by atoms with van der Waals surface area (Å²) in [6, 6.07) is 7.24. The molecule has 0 aromatic heterocycles. The van der Waals surface area contributed by atoms with E-state index in [9.17, 15) is 14.7 Å². The first-order valence-electron chi connectivity index (χ1n) is 7.32. The van der Waals surface area contributed by atoms with Gasteiger partial charge in [-0.15, -0.1) is 0 Å². The Kier molecular flexibility index (Phi) is 4.83. The number of nitrogens with one attached hydrogen (secondary N) is 2. The topological polar surface area (TPSA) is 78.4 Å². The number of urea groups is 1. The first-order chi connectivity index (χ1) is 10.0. The number of aliphatic carboxylic acids is 1. The van der Waals surface area contributed by atoms with Crippen molar-refractivity contribution < 1.29 is 14.7 Å².